The first-order chi connectivity index (χ1) is 9.40. The molecule has 3 nitrogen and oxygen atoms in total. The predicted molar refractivity (Wildman–Crippen MR) is 88.5 cm³/mol. The number of rotatable bonds is 5. The van der Waals surface area contributed by atoms with Gasteiger partial charge in [-0.15, -0.1) is 11.8 Å². The second-order valence-electron chi connectivity index (χ2n) is 5.85. The number of nitrogens with zero attached hydrogens (tertiary/aromatic N) is 1. The normalized spacial score (nSPS) is 12.2. The molecule has 110 valence electrons. The summed E-state index contributed by atoms with van der Waals surface area (Å²) in [4.78, 5) is 1.26. The third kappa shape index (κ3) is 3.70. The van der Waals surface area contributed by atoms with Crippen molar-refractivity contribution >= 4 is 28.4 Å². The molecule has 0 bridgehead atoms. The molecule has 0 spiro atoms. The second kappa shape index (κ2) is 6.10. The van der Waals surface area contributed by atoms with Gasteiger partial charge in [0.25, 0.3) is 0 Å². The summed E-state index contributed by atoms with van der Waals surface area (Å²) in [5, 5.41) is 1.28. The third-order valence-corrected chi connectivity index (χ3v) is 3.98. The van der Waals surface area contributed by atoms with E-state index >= 15 is 0 Å². The molecule has 0 radical (unpaired) electrons. The van der Waals surface area contributed by atoms with Gasteiger partial charge in [-0.2, -0.15) is 0 Å². The highest BCUT2D eigenvalue weighted by Crippen LogP contribution is 2.31. The molecular weight excluding hydrogens is 268 g/mol. The summed E-state index contributed by atoms with van der Waals surface area (Å²) < 4.78 is 8.02. The van der Waals surface area contributed by atoms with Gasteiger partial charge in [-0.3, -0.25) is 0 Å². The summed E-state index contributed by atoms with van der Waals surface area (Å²) >= 11 is 1.84. The number of thioether (sulfide) groups is 1. The molecule has 0 aliphatic rings. The highest BCUT2D eigenvalue weighted by molar-refractivity contribution is 7.99. The molecular formula is C16H24N2OS. The van der Waals surface area contributed by atoms with Gasteiger partial charge in [-0.25, -0.2) is 0 Å². The number of nitrogens with two attached hydrogens (primary N) is 1. The number of benzene rings is 1. The largest absolute Gasteiger partial charge is 0.399 e. The summed E-state index contributed by atoms with van der Waals surface area (Å²) in [5.41, 5.74) is 7.95. The van der Waals surface area contributed by atoms with Crippen LogP contribution in [0.4, 0.5) is 5.69 Å². The molecule has 0 saturated carbocycles. The lowest BCUT2D eigenvalue weighted by Gasteiger charge is -2.20. The zero-order valence-electron chi connectivity index (χ0n) is 12.8. The molecule has 1 aromatic carbocycles. The Bertz CT molecular complexity index is 584. The fourth-order valence-electron chi connectivity index (χ4n) is 2.20. The van der Waals surface area contributed by atoms with Crippen LogP contribution >= 0.6 is 11.8 Å². The zero-order chi connectivity index (χ0) is 14.8. The Kier molecular flexibility index (Phi) is 4.66. The standard InChI is InChI=1S/C16H24N2OS/c1-5-20-15-11-12(17)10-14-13(15)6-7-18(14)8-9-19-16(2,3)4/h6-7,10-11H,5,8-9,17H2,1-4H3. The number of anilines is 1. The van der Waals surface area contributed by atoms with Gasteiger partial charge in [-0.1, -0.05) is 6.92 Å². The van der Waals surface area contributed by atoms with E-state index in [1.54, 1.807) is 0 Å². The minimum atomic E-state index is -0.0921. The van der Waals surface area contributed by atoms with Crippen molar-refractivity contribution in [3.05, 3.63) is 24.4 Å². The van der Waals surface area contributed by atoms with Crippen molar-refractivity contribution in [3.63, 3.8) is 0 Å². The van der Waals surface area contributed by atoms with Gasteiger partial charge < -0.3 is 15.0 Å². The van der Waals surface area contributed by atoms with Gasteiger partial charge in [0.1, 0.15) is 0 Å². The van der Waals surface area contributed by atoms with Gasteiger partial charge in [-0.05, 0) is 44.7 Å². The van der Waals surface area contributed by atoms with Crippen LogP contribution in [-0.4, -0.2) is 22.5 Å². The van der Waals surface area contributed by atoms with E-state index in [0.717, 1.165) is 18.0 Å². The number of hydrogen-bond donors (Lipinski definition) is 1. The molecule has 1 aromatic heterocycles. The van der Waals surface area contributed by atoms with E-state index in [1.807, 2.05) is 17.8 Å². The van der Waals surface area contributed by atoms with Crippen LogP contribution in [0.1, 0.15) is 27.7 Å². The molecule has 2 aromatic rings. The second-order valence-corrected chi connectivity index (χ2v) is 7.16. The van der Waals surface area contributed by atoms with E-state index in [0.29, 0.717) is 6.61 Å². The highest BCUT2D eigenvalue weighted by Gasteiger charge is 2.11. The van der Waals surface area contributed by atoms with Crippen LogP contribution in [0.2, 0.25) is 0 Å². The number of fused-ring (bicyclic) bond motifs is 1. The first-order valence-electron chi connectivity index (χ1n) is 7.06. The average molecular weight is 292 g/mol. The SMILES string of the molecule is CCSc1cc(N)cc2c1ccn2CCOC(C)(C)C. The summed E-state index contributed by atoms with van der Waals surface area (Å²) in [7, 11) is 0. The lowest BCUT2D eigenvalue weighted by molar-refractivity contribution is -0.00644. The first kappa shape index (κ1) is 15.3. The third-order valence-electron chi connectivity index (χ3n) is 3.04. The van der Waals surface area contributed by atoms with E-state index in [9.17, 15) is 0 Å². The first-order valence-corrected chi connectivity index (χ1v) is 8.04. The van der Waals surface area contributed by atoms with Crippen LogP contribution in [0, 0.1) is 0 Å². The van der Waals surface area contributed by atoms with Crippen molar-refractivity contribution in [1.82, 2.24) is 4.57 Å². The van der Waals surface area contributed by atoms with Crippen LogP contribution in [0.5, 0.6) is 0 Å². The lowest BCUT2D eigenvalue weighted by Crippen LogP contribution is -2.21. The number of aromatic nitrogens is 1. The maximum absolute atomic E-state index is 6.02. The van der Waals surface area contributed by atoms with Crippen molar-refractivity contribution in [1.29, 1.82) is 0 Å². The molecule has 0 aliphatic heterocycles. The van der Waals surface area contributed by atoms with Crippen LogP contribution in [0.25, 0.3) is 10.9 Å². The minimum Gasteiger partial charge on any atom is -0.399 e. The summed E-state index contributed by atoms with van der Waals surface area (Å²) in [6.45, 7) is 9.95. The summed E-state index contributed by atoms with van der Waals surface area (Å²) in [6.07, 6.45) is 2.12. The molecule has 2 N–H and O–H groups in total. The van der Waals surface area contributed by atoms with Crippen LogP contribution in [0.3, 0.4) is 0 Å². The fourth-order valence-corrected chi connectivity index (χ4v) is 3.06. The van der Waals surface area contributed by atoms with Gasteiger partial charge in [0.15, 0.2) is 0 Å². The van der Waals surface area contributed by atoms with Crippen LogP contribution in [-0.2, 0) is 11.3 Å². The molecule has 0 atom stereocenters. The van der Waals surface area contributed by atoms with Gasteiger partial charge in [0.2, 0.25) is 0 Å². The Hall–Kier alpha value is -1.13. The maximum Gasteiger partial charge on any atom is 0.0652 e. The quantitative estimate of drug-likeness (QED) is 0.665. The van der Waals surface area contributed by atoms with E-state index in [4.69, 9.17) is 10.5 Å². The van der Waals surface area contributed by atoms with Gasteiger partial charge in [0, 0.05) is 28.7 Å². The van der Waals surface area contributed by atoms with Crippen molar-refractivity contribution in [2.75, 3.05) is 18.1 Å². The Labute approximate surface area is 125 Å². The topological polar surface area (TPSA) is 40.2 Å². The Morgan fingerprint density at radius 3 is 2.70 bits per heavy atom. The van der Waals surface area contributed by atoms with Crippen molar-refractivity contribution in [2.45, 2.75) is 44.7 Å². The fraction of sp³-hybridized carbons (Fsp3) is 0.500. The highest BCUT2D eigenvalue weighted by atomic mass is 32.2. The Morgan fingerprint density at radius 2 is 2.05 bits per heavy atom. The minimum absolute atomic E-state index is 0.0921. The molecule has 2 rings (SSSR count). The smallest absolute Gasteiger partial charge is 0.0652 e. The van der Waals surface area contributed by atoms with Gasteiger partial charge >= 0.3 is 0 Å². The van der Waals surface area contributed by atoms with E-state index < -0.39 is 0 Å². The number of hydrogen-bond acceptors (Lipinski definition) is 3. The molecule has 0 unspecified atom stereocenters. The molecule has 0 aliphatic carbocycles. The van der Waals surface area contributed by atoms with E-state index in [-0.39, 0.29) is 5.60 Å². The van der Waals surface area contributed by atoms with Gasteiger partial charge in [0.05, 0.1) is 17.7 Å². The monoisotopic (exact) mass is 292 g/mol. The van der Waals surface area contributed by atoms with E-state index in [2.05, 4.69) is 50.6 Å². The van der Waals surface area contributed by atoms with Crippen molar-refractivity contribution < 1.29 is 4.74 Å². The summed E-state index contributed by atoms with van der Waals surface area (Å²) in [6, 6.07) is 6.28. The molecule has 1 heterocycles. The lowest BCUT2D eigenvalue weighted by atomic mass is 10.2. The molecule has 0 saturated heterocycles. The van der Waals surface area contributed by atoms with Crippen LogP contribution < -0.4 is 5.73 Å². The molecule has 20 heavy (non-hydrogen) atoms. The Morgan fingerprint density at radius 1 is 1.30 bits per heavy atom. The molecule has 0 fully saturated rings. The zero-order valence-corrected chi connectivity index (χ0v) is 13.6. The predicted octanol–water partition coefficient (Wildman–Crippen LogP) is 4.15. The molecule has 0 amide bonds. The number of nitrogen functional groups attached to an aromatic ring is 1. The number of ether oxygens (including phenoxy) is 1. The molecule has 4 heteroatoms. The van der Waals surface area contributed by atoms with Crippen molar-refractivity contribution in [3.8, 4) is 0 Å². The maximum atomic E-state index is 6.02. The Balaban J connectivity index is 2.23. The van der Waals surface area contributed by atoms with Crippen molar-refractivity contribution in [2.24, 2.45) is 0 Å². The summed E-state index contributed by atoms with van der Waals surface area (Å²) in [5.74, 6) is 1.05. The average Bonchev–Trinajstić information content (AvgIpc) is 2.71. The van der Waals surface area contributed by atoms with Crippen LogP contribution in [0.15, 0.2) is 29.3 Å². The van der Waals surface area contributed by atoms with E-state index in [1.165, 1.54) is 15.8 Å².